The summed E-state index contributed by atoms with van der Waals surface area (Å²) in [5, 5.41) is 0. The molecular weight excluding hydrogens is 192 g/mol. The Morgan fingerprint density at radius 3 is 2.33 bits per heavy atom. The van der Waals surface area contributed by atoms with Gasteiger partial charge in [0.2, 0.25) is 5.91 Å². The van der Waals surface area contributed by atoms with Crippen LogP contribution < -0.4 is 0 Å². The van der Waals surface area contributed by atoms with Gasteiger partial charge < -0.3 is 9.64 Å². The Bertz CT molecular complexity index is 209. The number of nitrogens with zero attached hydrogens (tertiary/aromatic N) is 2. The molecule has 88 valence electrons. The number of piperazine rings is 1. The van der Waals surface area contributed by atoms with E-state index < -0.39 is 0 Å². The number of likely N-dealkylation sites (N-methyl/N-ethyl adjacent to an activating group) is 1. The fourth-order valence-electron chi connectivity index (χ4n) is 1.89. The van der Waals surface area contributed by atoms with Crippen LogP contribution in [0.4, 0.5) is 0 Å². The van der Waals surface area contributed by atoms with Crippen LogP contribution in [0.2, 0.25) is 0 Å². The maximum Gasteiger partial charge on any atom is 0.248 e. The van der Waals surface area contributed by atoms with E-state index in [4.69, 9.17) is 4.74 Å². The average Bonchev–Trinajstić information content (AvgIpc) is 2.21. The summed E-state index contributed by atoms with van der Waals surface area (Å²) in [7, 11) is 2.11. The first-order valence-corrected chi connectivity index (χ1v) is 5.63. The van der Waals surface area contributed by atoms with Gasteiger partial charge in [-0.1, -0.05) is 0 Å². The molecular formula is C11H22N2O2. The van der Waals surface area contributed by atoms with Gasteiger partial charge >= 0.3 is 0 Å². The van der Waals surface area contributed by atoms with Crippen LogP contribution in [0.1, 0.15) is 20.8 Å². The first-order valence-electron chi connectivity index (χ1n) is 5.63. The van der Waals surface area contributed by atoms with Gasteiger partial charge in [-0.15, -0.1) is 0 Å². The van der Waals surface area contributed by atoms with E-state index in [1.54, 1.807) is 0 Å². The Morgan fingerprint density at radius 1 is 1.33 bits per heavy atom. The van der Waals surface area contributed by atoms with Crippen LogP contribution in [0.15, 0.2) is 0 Å². The maximum atomic E-state index is 11.7. The lowest BCUT2D eigenvalue weighted by Gasteiger charge is -2.42. The molecule has 0 saturated carbocycles. The molecule has 2 atom stereocenters. The van der Waals surface area contributed by atoms with Crippen molar-refractivity contribution in [1.82, 2.24) is 9.80 Å². The van der Waals surface area contributed by atoms with E-state index in [2.05, 4.69) is 25.8 Å². The lowest BCUT2D eigenvalue weighted by Crippen LogP contribution is -2.57. The molecule has 0 spiro atoms. The summed E-state index contributed by atoms with van der Waals surface area (Å²) in [6.07, 6.45) is 0. The molecule has 2 unspecified atom stereocenters. The fourth-order valence-corrected chi connectivity index (χ4v) is 1.89. The second-order valence-electron chi connectivity index (χ2n) is 4.30. The molecule has 4 nitrogen and oxygen atoms in total. The Morgan fingerprint density at radius 2 is 1.87 bits per heavy atom. The molecule has 4 heteroatoms. The Balaban J connectivity index is 2.46. The van der Waals surface area contributed by atoms with E-state index in [0.29, 0.717) is 18.7 Å². The van der Waals surface area contributed by atoms with Gasteiger partial charge in [-0.2, -0.15) is 0 Å². The number of hydrogen-bond donors (Lipinski definition) is 0. The lowest BCUT2D eigenvalue weighted by molar-refractivity contribution is -0.139. The summed E-state index contributed by atoms with van der Waals surface area (Å²) >= 11 is 0. The van der Waals surface area contributed by atoms with Crippen LogP contribution in [0.25, 0.3) is 0 Å². The van der Waals surface area contributed by atoms with Crippen LogP contribution in [0.3, 0.4) is 0 Å². The number of rotatable bonds is 3. The monoisotopic (exact) mass is 214 g/mol. The molecule has 1 saturated heterocycles. The van der Waals surface area contributed by atoms with Gasteiger partial charge in [0.25, 0.3) is 0 Å². The third-order valence-electron chi connectivity index (χ3n) is 3.14. The largest absolute Gasteiger partial charge is 0.372 e. The smallest absolute Gasteiger partial charge is 0.248 e. The second kappa shape index (κ2) is 5.47. The SMILES string of the molecule is CCOCC(=O)N1CC(C)N(C)C(C)C1. The summed E-state index contributed by atoms with van der Waals surface area (Å²) in [5.41, 5.74) is 0. The van der Waals surface area contributed by atoms with Crippen molar-refractivity contribution in [2.75, 3.05) is 33.4 Å². The van der Waals surface area contributed by atoms with Crippen molar-refractivity contribution >= 4 is 5.91 Å². The first-order chi connectivity index (χ1) is 7.06. The summed E-state index contributed by atoms with van der Waals surface area (Å²) in [4.78, 5) is 16.0. The van der Waals surface area contributed by atoms with Gasteiger partial charge in [-0.3, -0.25) is 9.69 Å². The fraction of sp³-hybridized carbons (Fsp3) is 0.909. The quantitative estimate of drug-likeness (QED) is 0.689. The van der Waals surface area contributed by atoms with Gasteiger partial charge in [0.15, 0.2) is 0 Å². The predicted octanol–water partition coefficient (Wildman–Crippen LogP) is 0.574. The molecule has 15 heavy (non-hydrogen) atoms. The Kier molecular flexibility index (Phi) is 4.54. The summed E-state index contributed by atoms with van der Waals surface area (Å²) in [6.45, 7) is 8.65. The minimum atomic E-state index is 0.114. The third-order valence-corrected chi connectivity index (χ3v) is 3.14. The van der Waals surface area contributed by atoms with Gasteiger partial charge in [-0.25, -0.2) is 0 Å². The van der Waals surface area contributed by atoms with E-state index >= 15 is 0 Å². The zero-order valence-corrected chi connectivity index (χ0v) is 10.2. The molecule has 0 radical (unpaired) electrons. The zero-order chi connectivity index (χ0) is 11.4. The van der Waals surface area contributed by atoms with Crippen LogP contribution in [0, 0.1) is 0 Å². The summed E-state index contributed by atoms with van der Waals surface area (Å²) < 4.78 is 5.14. The van der Waals surface area contributed by atoms with E-state index in [0.717, 1.165) is 13.1 Å². The number of ether oxygens (including phenoxy) is 1. The Hall–Kier alpha value is -0.610. The maximum absolute atomic E-state index is 11.7. The highest BCUT2D eigenvalue weighted by molar-refractivity contribution is 5.77. The summed E-state index contributed by atoms with van der Waals surface area (Å²) in [6, 6.07) is 0.860. The predicted molar refractivity (Wildman–Crippen MR) is 59.8 cm³/mol. The molecule has 1 heterocycles. The first kappa shape index (κ1) is 12.5. The van der Waals surface area contributed by atoms with Crippen molar-refractivity contribution < 1.29 is 9.53 Å². The number of amides is 1. The Labute approximate surface area is 92.2 Å². The third kappa shape index (κ3) is 3.18. The second-order valence-corrected chi connectivity index (χ2v) is 4.30. The van der Waals surface area contributed by atoms with Crippen molar-refractivity contribution in [1.29, 1.82) is 0 Å². The van der Waals surface area contributed by atoms with Crippen molar-refractivity contribution in [3.8, 4) is 0 Å². The molecule has 1 rings (SSSR count). The minimum absolute atomic E-state index is 0.114. The zero-order valence-electron chi connectivity index (χ0n) is 10.2. The molecule has 0 aromatic rings. The standard InChI is InChI=1S/C11H22N2O2/c1-5-15-8-11(14)13-6-9(2)12(4)10(3)7-13/h9-10H,5-8H2,1-4H3. The van der Waals surface area contributed by atoms with Crippen LogP contribution in [0.5, 0.6) is 0 Å². The van der Waals surface area contributed by atoms with Crippen molar-refractivity contribution in [3.63, 3.8) is 0 Å². The van der Waals surface area contributed by atoms with Gasteiger partial charge in [0.05, 0.1) is 0 Å². The molecule has 0 aromatic carbocycles. The molecule has 1 aliphatic rings. The molecule has 0 aromatic heterocycles. The molecule has 1 fully saturated rings. The summed E-state index contributed by atoms with van der Waals surface area (Å²) in [5.74, 6) is 0.114. The van der Waals surface area contributed by atoms with Gasteiger partial charge in [0.1, 0.15) is 6.61 Å². The number of carbonyl (C=O) groups is 1. The van der Waals surface area contributed by atoms with E-state index in [1.807, 2.05) is 11.8 Å². The number of hydrogen-bond acceptors (Lipinski definition) is 3. The molecule has 1 aliphatic heterocycles. The van der Waals surface area contributed by atoms with Crippen LogP contribution in [-0.2, 0) is 9.53 Å². The van der Waals surface area contributed by atoms with E-state index in [9.17, 15) is 4.79 Å². The highest BCUT2D eigenvalue weighted by Gasteiger charge is 2.28. The van der Waals surface area contributed by atoms with Crippen molar-refractivity contribution in [3.05, 3.63) is 0 Å². The van der Waals surface area contributed by atoms with E-state index in [1.165, 1.54) is 0 Å². The number of carbonyl (C=O) groups excluding carboxylic acids is 1. The molecule has 1 amide bonds. The highest BCUT2D eigenvalue weighted by Crippen LogP contribution is 2.13. The minimum Gasteiger partial charge on any atom is -0.372 e. The van der Waals surface area contributed by atoms with Crippen LogP contribution >= 0.6 is 0 Å². The van der Waals surface area contributed by atoms with Crippen molar-refractivity contribution in [2.24, 2.45) is 0 Å². The average molecular weight is 214 g/mol. The van der Waals surface area contributed by atoms with Gasteiger partial charge in [0, 0.05) is 31.8 Å². The normalized spacial score (nSPS) is 28.1. The molecule has 0 bridgehead atoms. The lowest BCUT2D eigenvalue weighted by atomic mass is 10.1. The topological polar surface area (TPSA) is 32.8 Å². The van der Waals surface area contributed by atoms with Gasteiger partial charge in [-0.05, 0) is 27.8 Å². The van der Waals surface area contributed by atoms with E-state index in [-0.39, 0.29) is 12.5 Å². The van der Waals surface area contributed by atoms with Crippen LogP contribution in [-0.4, -0.2) is 61.1 Å². The van der Waals surface area contributed by atoms with Crippen molar-refractivity contribution in [2.45, 2.75) is 32.9 Å². The highest BCUT2D eigenvalue weighted by atomic mass is 16.5. The molecule has 0 aliphatic carbocycles. The molecule has 0 N–H and O–H groups in total.